The van der Waals surface area contributed by atoms with Crippen molar-refractivity contribution in [1.82, 2.24) is 14.9 Å². The van der Waals surface area contributed by atoms with Crippen LogP contribution in [-0.2, 0) is 16.6 Å². The second-order valence-corrected chi connectivity index (χ2v) is 5.39. The Balaban J connectivity index is 1.89. The van der Waals surface area contributed by atoms with Crippen LogP contribution in [0.1, 0.15) is 30.3 Å². The number of nitrogens with zero attached hydrogens (tertiary/aromatic N) is 2. The minimum absolute atomic E-state index is 0.185. The molecule has 1 fully saturated rings. The Morgan fingerprint density at radius 1 is 1.55 bits per heavy atom. The third-order valence-electron chi connectivity index (χ3n) is 3.81. The Kier molecular flexibility index (Phi) is 4.20. The van der Waals surface area contributed by atoms with Gasteiger partial charge in [0.15, 0.2) is 0 Å². The van der Waals surface area contributed by atoms with Gasteiger partial charge in [-0.05, 0) is 30.5 Å². The number of benzene rings is 1. The van der Waals surface area contributed by atoms with E-state index >= 15 is 0 Å². The van der Waals surface area contributed by atoms with Crippen LogP contribution in [0.2, 0.25) is 0 Å². The lowest BCUT2D eigenvalue weighted by Crippen LogP contribution is -2.38. The molecule has 1 aromatic carbocycles. The summed E-state index contributed by atoms with van der Waals surface area (Å²) in [6.07, 6.45) is 4.60. The molecule has 6 heteroatoms. The van der Waals surface area contributed by atoms with E-state index in [0.717, 1.165) is 6.42 Å². The zero-order valence-electron chi connectivity index (χ0n) is 12.3. The predicted octanol–water partition coefficient (Wildman–Crippen LogP) is 1.94. The molecule has 1 aliphatic rings. The van der Waals surface area contributed by atoms with Crippen molar-refractivity contribution in [2.24, 2.45) is 7.05 Å². The molecule has 1 saturated heterocycles. The molecule has 0 saturated carbocycles. The molecule has 2 heterocycles. The van der Waals surface area contributed by atoms with E-state index in [4.69, 9.17) is 4.74 Å². The summed E-state index contributed by atoms with van der Waals surface area (Å²) in [5.41, 5.74) is 0.653. The van der Waals surface area contributed by atoms with Gasteiger partial charge < -0.3 is 14.6 Å². The van der Waals surface area contributed by atoms with Gasteiger partial charge in [-0.2, -0.15) is 0 Å². The smallest absolute Gasteiger partial charge is 0.249 e. The van der Waals surface area contributed by atoms with E-state index in [0.29, 0.717) is 24.4 Å². The summed E-state index contributed by atoms with van der Waals surface area (Å²) in [6, 6.07) is 5.68. The molecule has 5 nitrogen and oxygen atoms in total. The zero-order valence-corrected chi connectivity index (χ0v) is 12.3. The Morgan fingerprint density at radius 3 is 3.05 bits per heavy atom. The van der Waals surface area contributed by atoms with Crippen LogP contribution in [0.5, 0.6) is 0 Å². The van der Waals surface area contributed by atoms with Crippen LogP contribution >= 0.6 is 0 Å². The number of carbonyl (C=O) groups is 1. The van der Waals surface area contributed by atoms with Crippen LogP contribution < -0.4 is 5.32 Å². The Hall–Kier alpha value is -2.21. The summed E-state index contributed by atoms with van der Waals surface area (Å²) in [5, 5.41) is 2.93. The number of aryl methyl sites for hydroxylation is 1. The summed E-state index contributed by atoms with van der Waals surface area (Å²) >= 11 is 0. The number of imidazole rings is 1. The molecule has 2 atom stereocenters. The van der Waals surface area contributed by atoms with Gasteiger partial charge in [-0.3, -0.25) is 4.79 Å². The number of hydrogen-bond donors (Lipinski definition) is 1. The number of aromatic nitrogens is 2. The van der Waals surface area contributed by atoms with Crippen LogP contribution in [0.3, 0.4) is 0 Å². The Morgan fingerprint density at radius 2 is 2.41 bits per heavy atom. The average Bonchev–Trinajstić information content (AvgIpc) is 3.16. The van der Waals surface area contributed by atoms with Gasteiger partial charge in [0, 0.05) is 26.0 Å². The topological polar surface area (TPSA) is 56.2 Å². The zero-order chi connectivity index (χ0) is 15.5. The molecule has 1 aromatic heterocycles. The lowest BCUT2D eigenvalue weighted by Gasteiger charge is -2.21. The fourth-order valence-corrected chi connectivity index (χ4v) is 2.66. The fraction of sp³-hybridized carbons (Fsp3) is 0.375. The SMILES string of the molecule is Cn1ccnc1C(NC(=O)C1CCCO1)c1cccc(F)c1. The molecule has 3 rings (SSSR count). The highest BCUT2D eigenvalue weighted by Crippen LogP contribution is 2.22. The third-order valence-corrected chi connectivity index (χ3v) is 3.81. The molecule has 116 valence electrons. The van der Waals surface area contributed by atoms with E-state index in [9.17, 15) is 9.18 Å². The lowest BCUT2D eigenvalue weighted by molar-refractivity contribution is -0.130. The first kappa shape index (κ1) is 14.7. The van der Waals surface area contributed by atoms with E-state index in [1.807, 2.05) is 11.6 Å². The second kappa shape index (κ2) is 6.27. The number of halogens is 1. The molecule has 1 amide bonds. The minimum atomic E-state index is -0.507. The Labute approximate surface area is 128 Å². The van der Waals surface area contributed by atoms with Gasteiger partial charge in [0.2, 0.25) is 5.91 Å². The number of ether oxygens (including phenoxy) is 1. The van der Waals surface area contributed by atoms with Crippen LogP contribution in [0, 0.1) is 5.82 Å². The van der Waals surface area contributed by atoms with E-state index in [2.05, 4.69) is 10.3 Å². The molecule has 22 heavy (non-hydrogen) atoms. The van der Waals surface area contributed by atoms with Gasteiger partial charge in [0.05, 0.1) is 0 Å². The first-order valence-electron chi connectivity index (χ1n) is 7.30. The van der Waals surface area contributed by atoms with Gasteiger partial charge in [-0.25, -0.2) is 9.37 Å². The van der Waals surface area contributed by atoms with Crippen molar-refractivity contribution in [1.29, 1.82) is 0 Å². The minimum Gasteiger partial charge on any atom is -0.368 e. The normalized spacial score (nSPS) is 19.1. The van der Waals surface area contributed by atoms with Crippen molar-refractivity contribution < 1.29 is 13.9 Å². The molecule has 2 unspecified atom stereocenters. The van der Waals surface area contributed by atoms with Crippen molar-refractivity contribution in [3.05, 3.63) is 53.9 Å². The first-order valence-corrected chi connectivity index (χ1v) is 7.30. The van der Waals surface area contributed by atoms with Gasteiger partial charge in [0.1, 0.15) is 23.8 Å². The molecular formula is C16H18FN3O2. The van der Waals surface area contributed by atoms with Crippen molar-refractivity contribution >= 4 is 5.91 Å². The van der Waals surface area contributed by atoms with Crippen LogP contribution in [0.15, 0.2) is 36.7 Å². The molecule has 0 bridgehead atoms. The lowest BCUT2D eigenvalue weighted by atomic mass is 10.1. The van der Waals surface area contributed by atoms with E-state index in [-0.39, 0.29) is 11.7 Å². The molecule has 0 radical (unpaired) electrons. The van der Waals surface area contributed by atoms with Crippen molar-refractivity contribution in [2.75, 3.05) is 6.61 Å². The van der Waals surface area contributed by atoms with Crippen molar-refractivity contribution in [2.45, 2.75) is 25.0 Å². The van der Waals surface area contributed by atoms with Gasteiger partial charge in [0.25, 0.3) is 0 Å². The maximum atomic E-state index is 13.5. The van der Waals surface area contributed by atoms with Gasteiger partial charge >= 0.3 is 0 Å². The predicted molar refractivity (Wildman–Crippen MR) is 78.6 cm³/mol. The van der Waals surface area contributed by atoms with Crippen LogP contribution in [-0.4, -0.2) is 28.2 Å². The first-order chi connectivity index (χ1) is 10.6. The monoisotopic (exact) mass is 303 g/mol. The largest absolute Gasteiger partial charge is 0.368 e. The average molecular weight is 303 g/mol. The molecule has 1 aliphatic heterocycles. The quantitative estimate of drug-likeness (QED) is 0.939. The summed E-state index contributed by atoms with van der Waals surface area (Å²) in [6.45, 7) is 0.602. The summed E-state index contributed by atoms with van der Waals surface area (Å²) in [4.78, 5) is 16.6. The number of amides is 1. The Bertz CT molecular complexity index is 665. The second-order valence-electron chi connectivity index (χ2n) is 5.39. The van der Waals surface area contributed by atoms with Gasteiger partial charge in [-0.15, -0.1) is 0 Å². The van der Waals surface area contributed by atoms with Crippen molar-refractivity contribution in [3.63, 3.8) is 0 Å². The van der Waals surface area contributed by atoms with Gasteiger partial charge in [-0.1, -0.05) is 12.1 Å². The third kappa shape index (κ3) is 3.01. The highest BCUT2D eigenvalue weighted by atomic mass is 19.1. The maximum Gasteiger partial charge on any atom is 0.249 e. The highest BCUT2D eigenvalue weighted by Gasteiger charge is 2.28. The molecule has 1 N–H and O–H groups in total. The molecular weight excluding hydrogens is 285 g/mol. The highest BCUT2D eigenvalue weighted by molar-refractivity contribution is 5.81. The number of carbonyl (C=O) groups excluding carboxylic acids is 1. The summed E-state index contributed by atoms with van der Waals surface area (Å²) in [7, 11) is 1.84. The summed E-state index contributed by atoms with van der Waals surface area (Å²) in [5.74, 6) is 0.120. The fourth-order valence-electron chi connectivity index (χ4n) is 2.66. The molecule has 0 spiro atoms. The number of rotatable bonds is 4. The van der Waals surface area contributed by atoms with E-state index in [1.54, 1.807) is 24.5 Å². The molecule has 0 aliphatic carbocycles. The van der Waals surface area contributed by atoms with Crippen molar-refractivity contribution in [3.8, 4) is 0 Å². The number of nitrogens with one attached hydrogen (secondary N) is 1. The van der Waals surface area contributed by atoms with Crippen LogP contribution in [0.25, 0.3) is 0 Å². The standard InChI is InChI=1S/C16H18FN3O2/c1-20-8-7-18-15(20)14(11-4-2-5-12(17)10-11)19-16(21)13-6-3-9-22-13/h2,4-5,7-8,10,13-14H,3,6,9H2,1H3,(H,19,21). The van der Waals surface area contributed by atoms with E-state index in [1.165, 1.54) is 12.1 Å². The van der Waals surface area contributed by atoms with E-state index < -0.39 is 12.1 Å². The maximum absolute atomic E-state index is 13.5. The van der Waals surface area contributed by atoms with Crippen LogP contribution in [0.4, 0.5) is 4.39 Å². The molecule has 2 aromatic rings. The number of hydrogen-bond acceptors (Lipinski definition) is 3. The summed E-state index contributed by atoms with van der Waals surface area (Å²) < 4.78 is 20.8.